The summed E-state index contributed by atoms with van der Waals surface area (Å²) in [4.78, 5) is 2.44. The van der Waals surface area contributed by atoms with E-state index in [0.29, 0.717) is 18.1 Å². The number of ether oxygens (including phenoxy) is 1. The van der Waals surface area contributed by atoms with Gasteiger partial charge in [0.2, 0.25) is 0 Å². The van der Waals surface area contributed by atoms with E-state index in [1.54, 1.807) is 7.11 Å². The maximum absolute atomic E-state index is 5.23. The van der Waals surface area contributed by atoms with Gasteiger partial charge in [-0.15, -0.1) is 0 Å². The highest BCUT2D eigenvalue weighted by molar-refractivity contribution is 4.83. The average molecular weight is 230 g/mol. The van der Waals surface area contributed by atoms with Crippen LogP contribution in [0.15, 0.2) is 0 Å². The van der Waals surface area contributed by atoms with Crippen molar-refractivity contribution in [1.82, 2.24) is 10.2 Å². The van der Waals surface area contributed by atoms with Crippen molar-refractivity contribution < 1.29 is 4.74 Å². The van der Waals surface area contributed by atoms with E-state index in [1.807, 2.05) is 0 Å². The highest BCUT2D eigenvalue weighted by atomic mass is 16.5. The molecule has 0 saturated carbocycles. The summed E-state index contributed by atoms with van der Waals surface area (Å²) in [7, 11) is 6.04. The quantitative estimate of drug-likeness (QED) is 0.656. The molecule has 0 radical (unpaired) electrons. The van der Waals surface area contributed by atoms with Crippen LogP contribution in [-0.2, 0) is 4.74 Å². The van der Waals surface area contributed by atoms with Gasteiger partial charge in [0.1, 0.15) is 0 Å². The molecule has 0 rings (SSSR count). The topological polar surface area (TPSA) is 24.5 Å². The van der Waals surface area contributed by atoms with E-state index in [9.17, 15) is 0 Å². The van der Waals surface area contributed by atoms with Crippen molar-refractivity contribution in [2.45, 2.75) is 58.2 Å². The van der Waals surface area contributed by atoms with Crippen LogP contribution < -0.4 is 5.32 Å². The zero-order chi connectivity index (χ0) is 12.6. The van der Waals surface area contributed by atoms with Gasteiger partial charge in [0.15, 0.2) is 0 Å². The fraction of sp³-hybridized carbons (Fsp3) is 1.00. The normalized spacial score (nSPS) is 17.4. The first-order valence-electron chi connectivity index (χ1n) is 6.50. The Morgan fingerprint density at radius 3 is 2.31 bits per heavy atom. The molecule has 0 saturated heterocycles. The van der Waals surface area contributed by atoms with Gasteiger partial charge in [0, 0.05) is 25.2 Å². The molecule has 0 amide bonds. The standard InChI is InChI=1S/C13H30N2O/c1-7-9-12(14-4)13(8-2)15(5)11(3)10-16-6/h11-14H,7-10H2,1-6H3. The van der Waals surface area contributed by atoms with Crippen molar-refractivity contribution in [1.29, 1.82) is 0 Å². The summed E-state index contributed by atoms with van der Waals surface area (Å²) in [5.74, 6) is 0. The van der Waals surface area contributed by atoms with Gasteiger partial charge in [0.25, 0.3) is 0 Å². The van der Waals surface area contributed by atoms with Gasteiger partial charge in [-0.3, -0.25) is 4.90 Å². The molecule has 0 aliphatic carbocycles. The Balaban J connectivity index is 4.42. The van der Waals surface area contributed by atoms with Crippen LogP contribution in [0.4, 0.5) is 0 Å². The van der Waals surface area contributed by atoms with Crippen LogP contribution in [0.25, 0.3) is 0 Å². The van der Waals surface area contributed by atoms with Crippen LogP contribution in [0, 0.1) is 0 Å². The Hall–Kier alpha value is -0.120. The molecule has 3 atom stereocenters. The van der Waals surface area contributed by atoms with Gasteiger partial charge < -0.3 is 10.1 Å². The van der Waals surface area contributed by atoms with Gasteiger partial charge in [-0.1, -0.05) is 20.3 Å². The van der Waals surface area contributed by atoms with Crippen molar-refractivity contribution in [3.05, 3.63) is 0 Å². The molecule has 0 aliphatic heterocycles. The SMILES string of the molecule is CCCC(NC)C(CC)N(C)C(C)COC. The molecule has 16 heavy (non-hydrogen) atoms. The van der Waals surface area contributed by atoms with Crippen molar-refractivity contribution in [2.75, 3.05) is 27.8 Å². The fourth-order valence-electron chi connectivity index (χ4n) is 2.38. The van der Waals surface area contributed by atoms with Crippen LogP contribution in [0.1, 0.15) is 40.0 Å². The Labute approximate surface area is 102 Å². The molecule has 0 aromatic heterocycles. The molecule has 3 nitrogen and oxygen atoms in total. The Bertz CT molecular complexity index is 164. The number of nitrogens with zero attached hydrogens (tertiary/aromatic N) is 1. The number of hydrogen-bond acceptors (Lipinski definition) is 3. The third kappa shape index (κ3) is 4.81. The molecule has 0 aliphatic rings. The number of likely N-dealkylation sites (N-methyl/N-ethyl adjacent to an activating group) is 2. The number of rotatable bonds is 9. The highest BCUT2D eigenvalue weighted by Crippen LogP contribution is 2.14. The molecule has 0 bridgehead atoms. The van der Waals surface area contributed by atoms with Crippen molar-refractivity contribution in [3.63, 3.8) is 0 Å². The van der Waals surface area contributed by atoms with Crippen molar-refractivity contribution in [3.8, 4) is 0 Å². The lowest BCUT2D eigenvalue weighted by molar-refractivity contribution is 0.0728. The maximum Gasteiger partial charge on any atom is 0.0615 e. The summed E-state index contributed by atoms with van der Waals surface area (Å²) in [6.45, 7) is 7.54. The van der Waals surface area contributed by atoms with Gasteiger partial charge in [0.05, 0.1) is 6.61 Å². The van der Waals surface area contributed by atoms with Crippen LogP contribution in [0.5, 0.6) is 0 Å². The van der Waals surface area contributed by atoms with E-state index >= 15 is 0 Å². The van der Waals surface area contributed by atoms with Crippen LogP contribution in [0.3, 0.4) is 0 Å². The van der Waals surface area contributed by atoms with Gasteiger partial charge in [-0.25, -0.2) is 0 Å². The van der Waals surface area contributed by atoms with Crippen LogP contribution >= 0.6 is 0 Å². The Morgan fingerprint density at radius 2 is 1.94 bits per heavy atom. The molecule has 0 fully saturated rings. The first-order chi connectivity index (χ1) is 7.62. The zero-order valence-electron chi connectivity index (χ0n) is 11.9. The van der Waals surface area contributed by atoms with E-state index in [0.717, 1.165) is 6.61 Å². The summed E-state index contributed by atoms with van der Waals surface area (Å²) in [5, 5.41) is 3.45. The lowest BCUT2D eigenvalue weighted by Gasteiger charge is -2.37. The first kappa shape index (κ1) is 15.9. The molecule has 3 heteroatoms. The number of methoxy groups -OCH3 is 1. The van der Waals surface area contributed by atoms with Crippen molar-refractivity contribution in [2.24, 2.45) is 0 Å². The molecule has 0 aromatic rings. The lowest BCUT2D eigenvalue weighted by atomic mass is 9.98. The zero-order valence-corrected chi connectivity index (χ0v) is 11.9. The molecular formula is C13H30N2O. The second-order valence-corrected chi connectivity index (χ2v) is 4.63. The third-order valence-electron chi connectivity index (χ3n) is 3.48. The molecule has 3 unspecified atom stereocenters. The molecule has 0 spiro atoms. The fourth-order valence-corrected chi connectivity index (χ4v) is 2.38. The summed E-state index contributed by atoms with van der Waals surface area (Å²) >= 11 is 0. The molecule has 0 heterocycles. The second kappa shape index (κ2) is 8.97. The third-order valence-corrected chi connectivity index (χ3v) is 3.48. The van der Waals surface area contributed by atoms with Gasteiger partial charge >= 0.3 is 0 Å². The molecule has 0 aromatic carbocycles. The molecule has 1 N–H and O–H groups in total. The minimum Gasteiger partial charge on any atom is -0.383 e. The predicted molar refractivity (Wildman–Crippen MR) is 70.9 cm³/mol. The van der Waals surface area contributed by atoms with Crippen molar-refractivity contribution >= 4 is 0 Å². The summed E-state index contributed by atoms with van der Waals surface area (Å²) < 4.78 is 5.23. The second-order valence-electron chi connectivity index (χ2n) is 4.63. The van der Waals surface area contributed by atoms with Crippen LogP contribution in [0.2, 0.25) is 0 Å². The average Bonchev–Trinajstić information content (AvgIpc) is 2.28. The summed E-state index contributed by atoms with van der Waals surface area (Å²) in [6, 6.07) is 1.65. The summed E-state index contributed by atoms with van der Waals surface area (Å²) in [6.07, 6.45) is 3.64. The maximum atomic E-state index is 5.23. The molecule has 98 valence electrons. The Morgan fingerprint density at radius 1 is 1.31 bits per heavy atom. The monoisotopic (exact) mass is 230 g/mol. The van der Waals surface area contributed by atoms with Gasteiger partial charge in [-0.2, -0.15) is 0 Å². The van der Waals surface area contributed by atoms with E-state index < -0.39 is 0 Å². The van der Waals surface area contributed by atoms with E-state index in [4.69, 9.17) is 4.74 Å². The minimum atomic E-state index is 0.475. The van der Waals surface area contributed by atoms with Gasteiger partial charge in [-0.05, 0) is 33.9 Å². The smallest absolute Gasteiger partial charge is 0.0615 e. The predicted octanol–water partition coefficient (Wildman–Crippen LogP) is 2.12. The minimum absolute atomic E-state index is 0.475. The highest BCUT2D eigenvalue weighted by Gasteiger charge is 2.24. The largest absolute Gasteiger partial charge is 0.383 e. The number of hydrogen-bond donors (Lipinski definition) is 1. The molecular weight excluding hydrogens is 200 g/mol. The Kier molecular flexibility index (Phi) is 8.90. The van der Waals surface area contributed by atoms with E-state index in [-0.39, 0.29) is 0 Å². The van der Waals surface area contributed by atoms with Crippen LogP contribution in [-0.4, -0.2) is 50.8 Å². The number of nitrogens with one attached hydrogen (secondary N) is 1. The lowest BCUT2D eigenvalue weighted by Crippen LogP contribution is -2.51. The van der Waals surface area contributed by atoms with E-state index in [1.165, 1.54) is 19.3 Å². The first-order valence-corrected chi connectivity index (χ1v) is 6.50. The summed E-state index contributed by atoms with van der Waals surface area (Å²) in [5.41, 5.74) is 0. The van der Waals surface area contributed by atoms with E-state index in [2.05, 4.69) is 45.1 Å².